The zero-order valence-electron chi connectivity index (χ0n) is 22.3. The molecule has 9 heteroatoms. The number of benzene rings is 3. The van der Waals surface area contributed by atoms with Gasteiger partial charge in [0.1, 0.15) is 0 Å². The smallest absolute Gasteiger partial charge is 0.259 e. The Morgan fingerprint density at radius 3 is 2.54 bits per heavy atom. The number of hydrogen-bond acceptors (Lipinski definition) is 6. The third-order valence-electron chi connectivity index (χ3n) is 7.33. The summed E-state index contributed by atoms with van der Waals surface area (Å²) in [5, 5.41) is 2.94. The number of ether oxygens (including phenoxy) is 1. The average molecular weight is 548 g/mol. The second kappa shape index (κ2) is 11.3. The van der Waals surface area contributed by atoms with E-state index < -0.39 is 15.7 Å². The number of anilines is 1. The summed E-state index contributed by atoms with van der Waals surface area (Å²) in [5.41, 5.74) is 3.57. The Bertz CT molecular complexity index is 1510. The maximum Gasteiger partial charge on any atom is 0.259 e. The molecule has 39 heavy (non-hydrogen) atoms. The van der Waals surface area contributed by atoms with Crippen LogP contribution in [-0.4, -0.2) is 64.5 Å². The minimum absolute atomic E-state index is 0.00923. The fourth-order valence-electron chi connectivity index (χ4n) is 5.08. The fourth-order valence-corrected chi connectivity index (χ4v) is 6.71. The number of hydrogen-bond donors (Lipinski definition) is 1. The molecule has 5 rings (SSSR count). The number of sulfone groups is 1. The van der Waals surface area contributed by atoms with Crippen LogP contribution in [0.1, 0.15) is 43.8 Å². The summed E-state index contributed by atoms with van der Waals surface area (Å²) in [6.07, 6.45) is 0.789. The molecule has 0 saturated carbocycles. The molecule has 2 aliphatic rings. The van der Waals surface area contributed by atoms with Crippen molar-refractivity contribution in [1.29, 1.82) is 0 Å². The molecule has 2 aliphatic heterocycles. The molecule has 0 bridgehead atoms. The number of rotatable bonds is 7. The van der Waals surface area contributed by atoms with Crippen LogP contribution in [0.2, 0.25) is 0 Å². The van der Waals surface area contributed by atoms with Crippen molar-refractivity contribution in [3.8, 4) is 0 Å². The minimum atomic E-state index is -4.00. The zero-order valence-corrected chi connectivity index (χ0v) is 23.1. The first-order chi connectivity index (χ1) is 18.8. The van der Waals surface area contributed by atoms with E-state index >= 15 is 0 Å². The molecule has 3 aromatic rings. The number of morpholine rings is 1. The van der Waals surface area contributed by atoms with Crippen LogP contribution < -0.4 is 10.2 Å². The van der Waals surface area contributed by atoms with Crippen LogP contribution in [0.5, 0.6) is 0 Å². The van der Waals surface area contributed by atoms with Crippen molar-refractivity contribution in [2.24, 2.45) is 0 Å². The molecule has 3 aromatic carbocycles. The normalized spacial score (nSPS) is 16.8. The molecule has 0 radical (unpaired) electrons. The third-order valence-corrected chi connectivity index (χ3v) is 9.19. The molecule has 2 amide bonds. The van der Waals surface area contributed by atoms with Gasteiger partial charge in [-0.05, 0) is 68.3 Å². The van der Waals surface area contributed by atoms with Gasteiger partial charge in [0.05, 0.1) is 40.8 Å². The highest BCUT2D eigenvalue weighted by molar-refractivity contribution is 7.91. The molecule has 8 nitrogen and oxygen atoms in total. The van der Waals surface area contributed by atoms with Crippen molar-refractivity contribution in [3.63, 3.8) is 0 Å². The second-order valence-corrected chi connectivity index (χ2v) is 12.0. The highest BCUT2D eigenvalue weighted by Crippen LogP contribution is 2.38. The Balaban J connectivity index is 1.47. The molecule has 204 valence electrons. The molecule has 1 saturated heterocycles. The van der Waals surface area contributed by atoms with E-state index in [2.05, 4.69) is 10.2 Å². The molecule has 1 fully saturated rings. The van der Waals surface area contributed by atoms with Crippen LogP contribution in [0.15, 0.2) is 70.5 Å². The quantitative estimate of drug-likeness (QED) is 0.453. The van der Waals surface area contributed by atoms with E-state index in [4.69, 9.17) is 4.74 Å². The van der Waals surface area contributed by atoms with Crippen LogP contribution in [0, 0.1) is 13.8 Å². The number of carbonyl (C=O) groups is 2. The Morgan fingerprint density at radius 1 is 0.974 bits per heavy atom. The van der Waals surface area contributed by atoms with E-state index in [1.807, 2.05) is 32.0 Å². The fraction of sp³-hybridized carbons (Fsp3) is 0.333. The molecule has 0 aromatic heterocycles. The summed E-state index contributed by atoms with van der Waals surface area (Å²) >= 11 is 0. The van der Waals surface area contributed by atoms with Crippen LogP contribution in [0.4, 0.5) is 5.69 Å². The third kappa shape index (κ3) is 5.61. The Labute approximate surface area is 229 Å². The lowest BCUT2D eigenvalue weighted by molar-refractivity contribution is 0.0374. The molecule has 2 heterocycles. The summed E-state index contributed by atoms with van der Waals surface area (Å²) in [6, 6.07) is 16.7. The van der Waals surface area contributed by atoms with Gasteiger partial charge in [0.15, 0.2) is 0 Å². The van der Waals surface area contributed by atoms with Gasteiger partial charge in [-0.1, -0.05) is 35.9 Å². The van der Waals surface area contributed by atoms with Crippen molar-refractivity contribution in [2.75, 3.05) is 44.3 Å². The lowest BCUT2D eigenvalue weighted by atomic mass is 10.0. The lowest BCUT2D eigenvalue weighted by Crippen LogP contribution is -2.38. The molecule has 0 aliphatic carbocycles. The topological polar surface area (TPSA) is 96.0 Å². The van der Waals surface area contributed by atoms with E-state index in [-0.39, 0.29) is 33.5 Å². The summed E-state index contributed by atoms with van der Waals surface area (Å²) < 4.78 is 32.8. The van der Waals surface area contributed by atoms with Gasteiger partial charge in [0, 0.05) is 25.2 Å². The largest absolute Gasteiger partial charge is 0.379 e. The second-order valence-electron chi connectivity index (χ2n) is 10.1. The zero-order chi connectivity index (χ0) is 27.6. The summed E-state index contributed by atoms with van der Waals surface area (Å²) in [6.45, 7) is 8.70. The van der Waals surface area contributed by atoms with E-state index in [1.54, 1.807) is 18.2 Å². The van der Waals surface area contributed by atoms with Gasteiger partial charge < -0.3 is 15.0 Å². The Hall–Kier alpha value is -3.53. The summed E-state index contributed by atoms with van der Waals surface area (Å²) in [4.78, 5) is 30.7. The predicted octanol–water partition coefficient (Wildman–Crippen LogP) is 3.75. The SMILES string of the molecule is Cc1ccc(C)c(CN2C(=O)c3ccccc3S(=O)(=O)c3ccc(C(=O)NCCCN4CCOCC4)cc32)c1. The van der Waals surface area contributed by atoms with Crippen molar-refractivity contribution >= 4 is 27.3 Å². The highest BCUT2D eigenvalue weighted by atomic mass is 32.2. The van der Waals surface area contributed by atoms with Crippen molar-refractivity contribution < 1.29 is 22.7 Å². The Morgan fingerprint density at radius 2 is 1.74 bits per heavy atom. The van der Waals surface area contributed by atoms with Crippen LogP contribution >= 0.6 is 0 Å². The van der Waals surface area contributed by atoms with E-state index in [0.717, 1.165) is 56.0 Å². The van der Waals surface area contributed by atoms with Gasteiger partial charge in [-0.2, -0.15) is 0 Å². The highest BCUT2D eigenvalue weighted by Gasteiger charge is 2.36. The van der Waals surface area contributed by atoms with Crippen molar-refractivity contribution in [2.45, 2.75) is 36.6 Å². The Kier molecular flexibility index (Phi) is 7.83. The molecule has 0 atom stereocenters. The van der Waals surface area contributed by atoms with Gasteiger partial charge in [-0.25, -0.2) is 8.42 Å². The van der Waals surface area contributed by atoms with Gasteiger partial charge >= 0.3 is 0 Å². The monoisotopic (exact) mass is 547 g/mol. The van der Waals surface area contributed by atoms with Crippen LogP contribution in [0.25, 0.3) is 0 Å². The average Bonchev–Trinajstić information content (AvgIpc) is 3.01. The first-order valence-electron chi connectivity index (χ1n) is 13.2. The number of fused-ring (bicyclic) bond motifs is 2. The maximum atomic E-state index is 13.9. The molecule has 0 spiro atoms. The molecule has 1 N–H and O–H groups in total. The number of nitrogens with one attached hydrogen (secondary N) is 1. The summed E-state index contributed by atoms with van der Waals surface area (Å²) in [7, 11) is -4.00. The minimum Gasteiger partial charge on any atom is -0.379 e. The molecule has 0 unspecified atom stereocenters. The van der Waals surface area contributed by atoms with Gasteiger partial charge in [0.25, 0.3) is 11.8 Å². The van der Waals surface area contributed by atoms with Gasteiger partial charge in [-0.3, -0.25) is 14.5 Å². The number of amides is 2. The lowest BCUT2D eigenvalue weighted by Gasteiger charge is -2.26. The first-order valence-corrected chi connectivity index (χ1v) is 14.7. The number of carbonyl (C=O) groups excluding carboxylic acids is 2. The van der Waals surface area contributed by atoms with Crippen LogP contribution in [0.3, 0.4) is 0 Å². The summed E-state index contributed by atoms with van der Waals surface area (Å²) in [5.74, 6) is -0.727. The predicted molar refractivity (Wildman–Crippen MR) is 149 cm³/mol. The number of nitrogens with zero attached hydrogens (tertiary/aromatic N) is 2. The van der Waals surface area contributed by atoms with Gasteiger partial charge in [0.2, 0.25) is 9.84 Å². The first kappa shape index (κ1) is 27.1. The standard InChI is InChI=1S/C30H33N3O5S/c1-21-8-9-22(2)24(18-21)20-33-26-19-23(29(34)31-12-5-13-32-14-16-38-17-15-32)10-11-28(26)39(36,37)27-7-4-3-6-25(27)30(33)35/h3-4,6-11,18-19H,5,12-17,20H2,1-2H3,(H,31,34). The van der Waals surface area contributed by atoms with Crippen molar-refractivity contribution in [1.82, 2.24) is 10.2 Å². The van der Waals surface area contributed by atoms with E-state index in [9.17, 15) is 18.0 Å². The van der Waals surface area contributed by atoms with E-state index in [0.29, 0.717) is 12.1 Å². The van der Waals surface area contributed by atoms with Gasteiger partial charge in [-0.15, -0.1) is 0 Å². The maximum absolute atomic E-state index is 13.9. The van der Waals surface area contributed by atoms with Crippen LogP contribution in [-0.2, 0) is 21.1 Å². The molecular weight excluding hydrogens is 514 g/mol. The van der Waals surface area contributed by atoms with E-state index in [1.165, 1.54) is 29.2 Å². The van der Waals surface area contributed by atoms with Crippen molar-refractivity contribution in [3.05, 3.63) is 88.5 Å². The molecular formula is C30H33N3O5S. The number of aryl methyl sites for hydroxylation is 2.